The van der Waals surface area contributed by atoms with E-state index in [1.165, 1.54) is 29.7 Å². The number of aliphatic hydroxyl groups is 1. The number of anilines is 1. The second-order valence-corrected chi connectivity index (χ2v) is 6.72. The molecule has 1 aromatic carbocycles. The second kappa shape index (κ2) is 6.80. The van der Waals surface area contributed by atoms with Gasteiger partial charge in [-0.3, -0.25) is 0 Å². The molecule has 1 saturated carbocycles. The van der Waals surface area contributed by atoms with Gasteiger partial charge in [-0.2, -0.15) is 0 Å². The zero-order valence-electron chi connectivity index (χ0n) is 13.9. The molecule has 0 aliphatic heterocycles. The Hall–Kier alpha value is -1.06. The number of benzene rings is 1. The maximum absolute atomic E-state index is 10.0. The van der Waals surface area contributed by atoms with E-state index in [2.05, 4.69) is 56.2 Å². The molecule has 21 heavy (non-hydrogen) atoms. The molecule has 3 nitrogen and oxygen atoms in total. The molecule has 1 aliphatic rings. The molecule has 2 N–H and O–H groups in total. The van der Waals surface area contributed by atoms with Crippen molar-refractivity contribution in [2.24, 2.45) is 5.92 Å². The van der Waals surface area contributed by atoms with Crippen molar-refractivity contribution < 1.29 is 5.11 Å². The summed E-state index contributed by atoms with van der Waals surface area (Å²) in [5, 5.41) is 13.7. The van der Waals surface area contributed by atoms with Crippen LogP contribution in [-0.4, -0.2) is 37.4 Å². The van der Waals surface area contributed by atoms with Crippen molar-refractivity contribution in [3.05, 3.63) is 29.3 Å². The molecule has 2 rings (SSSR count). The van der Waals surface area contributed by atoms with Gasteiger partial charge in [0.05, 0.1) is 12.1 Å². The lowest BCUT2D eigenvalue weighted by molar-refractivity contribution is 0.145. The molecule has 0 aromatic heterocycles. The molecule has 1 unspecified atom stereocenters. The summed E-state index contributed by atoms with van der Waals surface area (Å²) < 4.78 is 0. The topological polar surface area (TPSA) is 35.5 Å². The number of nitrogens with one attached hydrogen (secondary N) is 1. The average Bonchev–Trinajstić information content (AvgIpc) is 3.27. The molecule has 1 fully saturated rings. The molecule has 0 amide bonds. The van der Waals surface area contributed by atoms with Crippen molar-refractivity contribution in [2.45, 2.75) is 45.6 Å². The number of likely N-dealkylation sites (N-methyl/N-ethyl adjacent to an activating group) is 1. The number of hydrogen-bond acceptors (Lipinski definition) is 3. The minimum absolute atomic E-state index is 0.150. The second-order valence-electron chi connectivity index (χ2n) is 6.72. The van der Waals surface area contributed by atoms with Crippen molar-refractivity contribution in [1.82, 2.24) is 5.32 Å². The lowest BCUT2D eigenvalue weighted by atomic mass is 9.92. The van der Waals surface area contributed by atoms with Gasteiger partial charge < -0.3 is 15.3 Å². The van der Waals surface area contributed by atoms with Gasteiger partial charge in [-0.25, -0.2) is 0 Å². The van der Waals surface area contributed by atoms with E-state index in [-0.39, 0.29) is 12.1 Å². The summed E-state index contributed by atoms with van der Waals surface area (Å²) in [6.45, 7) is 8.50. The van der Waals surface area contributed by atoms with Gasteiger partial charge >= 0.3 is 0 Å². The Kier molecular flexibility index (Phi) is 5.28. The number of aliphatic hydroxyl groups excluding tert-OH is 1. The van der Waals surface area contributed by atoms with Crippen molar-refractivity contribution in [3.63, 3.8) is 0 Å². The highest BCUT2D eigenvalue weighted by molar-refractivity contribution is 5.50. The van der Waals surface area contributed by atoms with Gasteiger partial charge in [0.15, 0.2) is 0 Å². The first-order chi connectivity index (χ1) is 10.0. The summed E-state index contributed by atoms with van der Waals surface area (Å²) >= 11 is 0. The van der Waals surface area contributed by atoms with Gasteiger partial charge in [0.25, 0.3) is 0 Å². The van der Waals surface area contributed by atoms with Gasteiger partial charge in [0.1, 0.15) is 0 Å². The summed E-state index contributed by atoms with van der Waals surface area (Å²) in [6.07, 6.45) is 3.57. The highest BCUT2D eigenvalue weighted by atomic mass is 16.3. The molecule has 1 aliphatic carbocycles. The van der Waals surface area contributed by atoms with E-state index in [4.69, 9.17) is 0 Å². The first-order valence-electron chi connectivity index (χ1n) is 8.16. The Morgan fingerprint density at radius 2 is 1.86 bits per heavy atom. The van der Waals surface area contributed by atoms with E-state index in [0.29, 0.717) is 5.92 Å². The van der Waals surface area contributed by atoms with Crippen LogP contribution in [0, 0.1) is 19.8 Å². The Morgan fingerprint density at radius 3 is 2.33 bits per heavy atom. The van der Waals surface area contributed by atoms with Crippen molar-refractivity contribution in [2.75, 3.05) is 31.6 Å². The van der Waals surface area contributed by atoms with Crippen LogP contribution in [0.3, 0.4) is 0 Å². The quantitative estimate of drug-likeness (QED) is 0.773. The van der Waals surface area contributed by atoms with Gasteiger partial charge in [-0.05, 0) is 68.8 Å². The van der Waals surface area contributed by atoms with Crippen molar-refractivity contribution in [1.29, 1.82) is 0 Å². The molecule has 0 radical (unpaired) electrons. The van der Waals surface area contributed by atoms with Crippen LogP contribution in [0.1, 0.15) is 37.3 Å². The maximum Gasteiger partial charge on any atom is 0.0633 e. The summed E-state index contributed by atoms with van der Waals surface area (Å²) in [4.78, 5) is 2.29. The van der Waals surface area contributed by atoms with E-state index < -0.39 is 0 Å². The Labute approximate surface area is 129 Å². The van der Waals surface area contributed by atoms with Crippen LogP contribution < -0.4 is 10.2 Å². The smallest absolute Gasteiger partial charge is 0.0633 e. The summed E-state index contributed by atoms with van der Waals surface area (Å²) in [5.41, 5.74) is 3.67. The standard InChI is InChI=1S/C18H30N2O/c1-5-8-19-18(13-21,16-6-7-16)12-20(4)17-10-14(2)9-15(3)11-17/h9-11,16,19,21H,5-8,12-13H2,1-4H3. The molecule has 0 bridgehead atoms. The van der Waals surface area contributed by atoms with Crippen LogP contribution in [0.2, 0.25) is 0 Å². The summed E-state index contributed by atoms with van der Waals surface area (Å²) in [5.74, 6) is 0.613. The lowest BCUT2D eigenvalue weighted by Gasteiger charge is -2.38. The van der Waals surface area contributed by atoms with E-state index >= 15 is 0 Å². The number of hydrogen-bond donors (Lipinski definition) is 2. The van der Waals surface area contributed by atoms with E-state index in [9.17, 15) is 5.11 Å². The molecule has 3 heteroatoms. The normalized spacial score (nSPS) is 17.6. The van der Waals surface area contributed by atoms with Crippen LogP contribution in [0.5, 0.6) is 0 Å². The Balaban J connectivity index is 2.15. The molecular weight excluding hydrogens is 260 g/mol. The van der Waals surface area contributed by atoms with E-state index in [0.717, 1.165) is 19.5 Å². The van der Waals surface area contributed by atoms with Crippen molar-refractivity contribution >= 4 is 5.69 Å². The fourth-order valence-electron chi connectivity index (χ4n) is 3.26. The molecule has 1 aromatic rings. The predicted octanol–water partition coefficient (Wildman–Crippen LogP) is 2.88. The Bertz CT molecular complexity index is 450. The number of nitrogens with zero attached hydrogens (tertiary/aromatic N) is 1. The molecule has 118 valence electrons. The van der Waals surface area contributed by atoms with Gasteiger partial charge in [-0.15, -0.1) is 0 Å². The summed E-state index contributed by atoms with van der Waals surface area (Å²) in [6, 6.07) is 6.65. The summed E-state index contributed by atoms with van der Waals surface area (Å²) in [7, 11) is 2.13. The molecule has 0 spiro atoms. The number of rotatable bonds is 8. The zero-order chi connectivity index (χ0) is 15.5. The first kappa shape index (κ1) is 16.3. The highest BCUT2D eigenvalue weighted by Crippen LogP contribution is 2.40. The molecular formula is C18H30N2O. The van der Waals surface area contributed by atoms with Crippen molar-refractivity contribution in [3.8, 4) is 0 Å². The van der Waals surface area contributed by atoms with Crippen LogP contribution in [-0.2, 0) is 0 Å². The van der Waals surface area contributed by atoms with Gasteiger partial charge in [0, 0.05) is 19.3 Å². The third-order valence-electron chi connectivity index (χ3n) is 4.53. The lowest BCUT2D eigenvalue weighted by Crippen LogP contribution is -2.57. The largest absolute Gasteiger partial charge is 0.394 e. The van der Waals surface area contributed by atoms with E-state index in [1.807, 2.05) is 0 Å². The first-order valence-corrected chi connectivity index (χ1v) is 8.16. The fourth-order valence-corrected chi connectivity index (χ4v) is 3.26. The van der Waals surface area contributed by atoms with Crippen LogP contribution >= 0.6 is 0 Å². The molecule has 0 heterocycles. The monoisotopic (exact) mass is 290 g/mol. The molecule has 1 atom stereocenters. The van der Waals surface area contributed by atoms with Gasteiger partial charge in [0.2, 0.25) is 0 Å². The SMILES string of the molecule is CCCNC(CO)(CN(C)c1cc(C)cc(C)c1)C1CC1. The average molecular weight is 290 g/mol. The minimum Gasteiger partial charge on any atom is -0.394 e. The van der Waals surface area contributed by atoms with Gasteiger partial charge in [-0.1, -0.05) is 13.0 Å². The van der Waals surface area contributed by atoms with Crippen LogP contribution in [0.4, 0.5) is 5.69 Å². The maximum atomic E-state index is 10.0. The van der Waals surface area contributed by atoms with Crippen LogP contribution in [0.25, 0.3) is 0 Å². The number of aryl methyl sites for hydroxylation is 2. The van der Waals surface area contributed by atoms with E-state index in [1.54, 1.807) is 0 Å². The Morgan fingerprint density at radius 1 is 1.24 bits per heavy atom. The molecule has 0 saturated heterocycles. The fraction of sp³-hybridized carbons (Fsp3) is 0.667. The third-order valence-corrected chi connectivity index (χ3v) is 4.53. The predicted molar refractivity (Wildman–Crippen MR) is 90.0 cm³/mol. The zero-order valence-corrected chi connectivity index (χ0v) is 13.9. The third kappa shape index (κ3) is 3.98. The van der Waals surface area contributed by atoms with Crippen LogP contribution in [0.15, 0.2) is 18.2 Å². The minimum atomic E-state index is -0.150. The highest BCUT2D eigenvalue weighted by Gasteiger charge is 2.45.